The molecule has 2 aromatic carbocycles. The molecular formula is C26H37N3O6S. The quantitative estimate of drug-likeness (QED) is 0.436. The van der Waals surface area contributed by atoms with Gasteiger partial charge in [0.1, 0.15) is 24.1 Å². The predicted octanol–water partition coefficient (Wildman–Crippen LogP) is 3.11. The number of methoxy groups -OCH3 is 2. The lowest BCUT2D eigenvalue weighted by Gasteiger charge is -2.33. The van der Waals surface area contributed by atoms with Gasteiger partial charge < -0.3 is 19.7 Å². The monoisotopic (exact) mass is 519 g/mol. The van der Waals surface area contributed by atoms with Crippen LogP contribution < -0.4 is 19.1 Å². The molecule has 198 valence electrons. The summed E-state index contributed by atoms with van der Waals surface area (Å²) in [5, 5.41) is 2.87. The molecule has 1 unspecified atom stereocenters. The highest BCUT2D eigenvalue weighted by molar-refractivity contribution is 7.92. The van der Waals surface area contributed by atoms with E-state index >= 15 is 0 Å². The number of carbonyl (C=O) groups excluding carboxylic acids is 2. The minimum absolute atomic E-state index is 0.163. The van der Waals surface area contributed by atoms with E-state index in [1.54, 1.807) is 12.1 Å². The van der Waals surface area contributed by atoms with E-state index in [9.17, 15) is 18.0 Å². The van der Waals surface area contributed by atoms with Crippen LogP contribution in [0.15, 0.2) is 42.5 Å². The van der Waals surface area contributed by atoms with Crippen molar-refractivity contribution in [1.82, 2.24) is 10.2 Å². The fraction of sp³-hybridized carbons (Fsp3) is 0.462. The highest BCUT2D eigenvalue weighted by Gasteiger charge is 2.32. The lowest BCUT2D eigenvalue weighted by Crippen LogP contribution is -2.52. The summed E-state index contributed by atoms with van der Waals surface area (Å²) in [6.45, 7) is 5.84. The number of ether oxygens (including phenoxy) is 2. The number of hydrogen-bond acceptors (Lipinski definition) is 6. The van der Waals surface area contributed by atoms with Gasteiger partial charge in [-0.2, -0.15) is 0 Å². The van der Waals surface area contributed by atoms with Crippen LogP contribution >= 0.6 is 0 Å². The molecule has 0 aromatic heterocycles. The predicted molar refractivity (Wildman–Crippen MR) is 141 cm³/mol. The van der Waals surface area contributed by atoms with E-state index < -0.39 is 28.5 Å². The van der Waals surface area contributed by atoms with Crippen LogP contribution in [0, 0.1) is 6.92 Å². The number of amides is 2. The van der Waals surface area contributed by atoms with Gasteiger partial charge in [-0.05, 0) is 43.0 Å². The van der Waals surface area contributed by atoms with Gasteiger partial charge in [-0.1, -0.05) is 38.1 Å². The summed E-state index contributed by atoms with van der Waals surface area (Å²) in [7, 11) is -1.02. The Labute approximate surface area is 214 Å². The summed E-state index contributed by atoms with van der Waals surface area (Å²) < 4.78 is 37.3. The lowest BCUT2D eigenvalue weighted by molar-refractivity contribution is -0.140. The highest BCUT2D eigenvalue weighted by atomic mass is 32.2. The number of sulfonamides is 1. The van der Waals surface area contributed by atoms with Crippen LogP contribution in [0.25, 0.3) is 0 Å². The number of aryl methyl sites for hydroxylation is 1. The zero-order valence-electron chi connectivity index (χ0n) is 21.9. The summed E-state index contributed by atoms with van der Waals surface area (Å²) in [6, 6.07) is 11.5. The van der Waals surface area contributed by atoms with Crippen LogP contribution in [0.1, 0.15) is 37.8 Å². The number of nitrogens with zero attached hydrogens (tertiary/aromatic N) is 2. The lowest BCUT2D eigenvalue weighted by atomic mass is 10.1. The van der Waals surface area contributed by atoms with E-state index in [-0.39, 0.29) is 23.9 Å². The molecule has 1 atom stereocenters. The Hall–Kier alpha value is -3.27. The summed E-state index contributed by atoms with van der Waals surface area (Å²) >= 11 is 0. The second-order valence-corrected chi connectivity index (χ2v) is 10.4. The van der Waals surface area contributed by atoms with Crippen molar-refractivity contribution in [3.8, 4) is 11.5 Å². The zero-order chi connectivity index (χ0) is 26.9. The molecular weight excluding hydrogens is 482 g/mol. The summed E-state index contributed by atoms with van der Waals surface area (Å²) in [5.41, 5.74) is 2.01. The van der Waals surface area contributed by atoms with Gasteiger partial charge in [0.2, 0.25) is 21.8 Å². The summed E-state index contributed by atoms with van der Waals surface area (Å²) in [6.07, 6.45) is 2.15. The average molecular weight is 520 g/mol. The number of rotatable bonds is 13. The number of anilines is 1. The van der Waals surface area contributed by atoms with Gasteiger partial charge >= 0.3 is 0 Å². The molecule has 0 heterocycles. The van der Waals surface area contributed by atoms with Crippen molar-refractivity contribution in [3.63, 3.8) is 0 Å². The summed E-state index contributed by atoms with van der Waals surface area (Å²) in [4.78, 5) is 28.3. The maximum Gasteiger partial charge on any atom is 0.244 e. The number of carbonyl (C=O) groups is 2. The molecule has 0 saturated carbocycles. The van der Waals surface area contributed by atoms with Crippen LogP contribution in [-0.2, 0) is 26.2 Å². The van der Waals surface area contributed by atoms with E-state index in [0.29, 0.717) is 18.7 Å². The van der Waals surface area contributed by atoms with Gasteiger partial charge in [0.25, 0.3) is 0 Å². The molecule has 0 spiro atoms. The van der Waals surface area contributed by atoms with Gasteiger partial charge in [-0.25, -0.2) is 8.42 Å². The van der Waals surface area contributed by atoms with Crippen molar-refractivity contribution in [1.29, 1.82) is 0 Å². The number of benzene rings is 2. The Morgan fingerprint density at radius 3 is 2.31 bits per heavy atom. The normalized spacial score (nSPS) is 11.9. The summed E-state index contributed by atoms with van der Waals surface area (Å²) in [5.74, 6) is -0.0977. The molecule has 9 nitrogen and oxygen atoms in total. The molecule has 2 aromatic rings. The van der Waals surface area contributed by atoms with Crippen molar-refractivity contribution >= 4 is 27.5 Å². The van der Waals surface area contributed by atoms with Gasteiger partial charge in [-0.3, -0.25) is 13.9 Å². The molecule has 0 saturated heterocycles. The number of hydrogen-bond donors (Lipinski definition) is 1. The van der Waals surface area contributed by atoms with Crippen LogP contribution in [0.5, 0.6) is 11.5 Å². The third kappa shape index (κ3) is 7.36. The van der Waals surface area contributed by atoms with Crippen molar-refractivity contribution in [2.45, 2.75) is 46.2 Å². The van der Waals surface area contributed by atoms with Crippen molar-refractivity contribution < 1.29 is 27.5 Å². The first-order valence-electron chi connectivity index (χ1n) is 11.9. The van der Waals surface area contributed by atoms with Crippen molar-refractivity contribution in [2.24, 2.45) is 0 Å². The second-order valence-electron chi connectivity index (χ2n) is 8.47. The topological polar surface area (TPSA) is 105 Å². The third-order valence-corrected chi connectivity index (χ3v) is 7.00. The minimum atomic E-state index is -3.90. The van der Waals surface area contributed by atoms with Crippen LogP contribution in [-0.4, -0.2) is 64.7 Å². The average Bonchev–Trinajstić information content (AvgIpc) is 2.85. The molecule has 0 aliphatic heterocycles. The standard InChI is InChI=1S/C26H37N3O6S/c1-7-15-27-26(31)22(8-2)28(17-20-12-10-9-11-19(20)3)25(30)18-29(36(6,32)33)23-16-21(34-4)13-14-24(23)35-5/h9-14,16,22H,7-8,15,17-18H2,1-6H3,(H,27,31). The third-order valence-electron chi connectivity index (χ3n) is 5.87. The van der Waals surface area contributed by atoms with Crippen LogP contribution in [0.4, 0.5) is 5.69 Å². The molecule has 2 rings (SSSR count). The van der Waals surface area contributed by atoms with E-state index in [0.717, 1.165) is 28.1 Å². The molecule has 1 N–H and O–H groups in total. The molecule has 0 aliphatic carbocycles. The fourth-order valence-corrected chi connectivity index (χ4v) is 4.69. The van der Waals surface area contributed by atoms with Crippen LogP contribution in [0.3, 0.4) is 0 Å². The van der Waals surface area contributed by atoms with Gasteiger partial charge in [0, 0.05) is 19.2 Å². The highest BCUT2D eigenvalue weighted by Crippen LogP contribution is 2.34. The minimum Gasteiger partial charge on any atom is -0.497 e. The molecule has 10 heteroatoms. The van der Waals surface area contributed by atoms with E-state index in [4.69, 9.17) is 9.47 Å². The van der Waals surface area contributed by atoms with Crippen LogP contribution in [0.2, 0.25) is 0 Å². The molecule has 0 radical (unpaired) electrons. The van der Waals surface area contributed by atoms with Gasteiger partial charge in [0.05, 0.1) is 26.2 Å². The van der Waals surface area contributed by atoms with Gasteiger partial charge in [0.15, 0.2) is 0 Å². The SMILES string of the molecule is CCCNC(=O)C(CC)N(Cc1ccccc1C)C(=O)CN(c1cc(OC)ccc1OC)S(C)(=O)=O. The fourth-order valence-electron chi connectivity index (χ4n) is 3.84. The Bertz CT molecular complexity index is 1150. The Morgan fingerprint density at radius 2 is 1.75 bits per heavy atom. The van der Waals surface area contributed by atoms with Crippen molar-refractivity contribution in [2.75, 3.05) is 37.9 Å². The van der Waals surface area contributed by atoms with E-state index in [1.165, 1.54) is 25.2 Å². The van der Waals surface area contributed by atoms with Gasteiger partial charge in [-0.15, -0.1) is 0 Å². The van der Waals surface area contributed by atoms with E-state index in [1.807, 2.05) is 45.0 Å². The molecule has 0 aliphatic rings. The largest absolute Gasteiger partial charge is 0.497 e. The molecule has 2 amide bonds. The first-order chi connectivity index (χ1) is 17.1. The number of nitrogens with one attached hydrogen (secondary N) is 1. The maximum atomic E-state index is 13.8. The Morgan fingerprint density at radius 1 is 1.06 bits per heavy atom. The second kappa shape index (κ2) is 13.2. The first kappa shape index (κ1) is 29.0. The Kier molecular flexibility index (Phi) is 10.6. The zero-order valence-corrected chi connectivity index (χ0v) is 22.7. The smallest absolute Gasteiger partial charge is 0.244 e. The molecule has 0 bridgehead atoms. The molecule has 36 heavy (non-hydrogen) atoms. The van der Waals surface area contributed by atoms with Crippen molar-refractivity contribution in [3.05, 3.63) is 53.6 Å². The molecule has 0 fully saturated rings. The first-order valence-corrected chi connectivity index (χ1v) is 13.7. The maximum absolute atomic E-state index is 13.8. The Balaban J connectivity index is 2.53. The van der Waals surface area contributed by atoms with E-state index in [2.05, 4.69) is 5.32 Å².